The Morgan fingerprint density at radius 3 is 2.42 bits per heavy atom. The third kappa shape index (κ3) is 5.38. The molecule has 0 spiro atoms. The number of hydrogen-bond donors (Lipinski definition) is 0. The van der Waals surface area contributed by atoms with E-state index < -0.39 is 5.97 Å². The molecule has 1 aromatic rings. The van der Waals surface area contributed by atoms with Crippen molar-refractivity contribution in [1.82, 2.24) is 0 Å². The molecule has 0 atom stereocenters. The van der Waals surface area contributed by atoms with Crippen LogP contribution in [-0.4, -0.2) is 25.5 Å². The molecule has 0 aliphatic carbocycles. The van der Waals surface area contributed by atoms with Crippen LogP contribution in [0, 0.1) is 0 Å². The number of carbonyl (C=O) groups is 2. The zero-order valence-corrected chi connectivity index (χ0v) is 11.2. The number of carbonyl (C=O) groups excluding carboxylic acids is 2. The Morgan fingerprint density at radius 1 is 1.16 bits per heavy atom. The fourth-order valence-corrected chi connectivity index (χ4v) is 1.36. The van der Waals surface area contributed by atoms with Crippen molar-refractivity contribution < 1.29 is 19.1 Å². The van der Waals surface area contributed by atoms with E-state index in [1.807, 2.05) is 6.92 Å². The van der Waals surface area contributed by atoms with Crippen molar-refractivity contribution in [3.8, 4) is 5.75 Å². The number of benzene rings is 1. The molecule has 0 N–H and O–H groups in total. The van der Waals surface area contributed by atoms with Gasteiger partial charge in [0.25, 0.3) is 0 Å². The highest BCUT2D eigenvalue weighted by molar-refractivity contribution is 6.07. The second kappa shape index (κ2) is 8.08. The van der Waals surface area contributed by atoms with Gasteiger partial charge < -0.3 is 9.47 Å². The van der Waals surface area contributed by atoms with E-state index in [0.29, 0.717) is 17.9 Å². The van der Waals surface area contributed by atoms with Gasteiger partial charge in [0.1, 0.15) is 5.75 Å². The summed E-state index contributed by atoms with van der Waals surface area (Å²) in [7, 11) is 1.56. The van der Waals surface area contributed by atoms with Crippen molar-refractivity contribution in [2.45, 2.75) is 19.8 Å². The third-order valence-electron chi connectivity index (χ3n) is 2.49. The average molecular weight is 262 g/mol. The molecule has 0 aliphatic rings. The summed E-state index contributed by atoms with van der Waals surface area (Å²) in [5.41, 5.74) is 0.499. The SMILES string of the molecule is CCCCOC(=O)C=CC(=O)c1ccc(OC)cc1. The molecule has 19 heavy (non-hydrogen) atoms. The molecule has 4 heteroatoms. The molecule has 0 unspecified atom stereocenters. The lowest BCUT2D eigenvalue weighted by molar-refractivity contribution is -0.137. The second-order valence-corrected chi connectivity index (χ2v) is 3.95. The van der Waals surface area contributed by atoms with Crippen molar-refractivity contribution >= 4 is 11.8 Å². The monoisotopic (exact) mass is 262 g/mol. The van der Waals surface area contributed by atoms with E-state index in [1.54, 1.807) is 31.4 Å². The van der Waals surface area contributed by atoms with Crippen LogP contribution in [0.4, 0.5) is 0 Å². The molecule has 0 heterocycles. The molecule has 0 aromatic heterocycles. The minimum absolute atomic E-state index is 0.241. The normalized spacial score (nSPS) is 10.4. The van der Waals surface area contributed by atoms with Gasteiger partial charge in [0.05, 0.1) is 13.7 Å². The highest BCUT2D eigenvalue weighted by Crippen LogP contribution is 2.11. The van der Waals surface area contributed by atoms with Gasteiger partial charge >= 0.3 is 5.97 Å². The molecule has 0 radical (unpaired) electrons. The highest BCUT2D eigenvalue weighted by atomic mass is 16.5. The lowest BCUT2D eigenvalue weighted by Gasteiger charge is -2.00. The molecule has 0 aliphatic heterocycles. The van der Waals surface area contributed by atoms with Crippen LogP contribution in [0.3, 0.4) is 0 Å². The van der Waals surface area contributed by atoms with Gasteiger partial charge in [-0.05, 0) is 36.8 Å². The van der Waals surface area contributed by atoms with Crippen molar-refractivity contribution in [2.24, 2.45) is 0 Å². The third-order valence-corrected chi connectivity index (χ3v) is 2.49. The molecule has 1 aromatic carbocycles. The first-order valence-electron chi connectivity index (χ1n) is 6.20. The van der Waals surface area contributed by atoms with Crippen LogP contribution in [0.1, 0.15) is 30.1 Å². The first-order valence-corrected chi connectivity index (χ1v) is 6.20. The largest absolute Gasteiger partial charge is 0.497 e. The molecule has 102 valence electrons. The summed E-state index contributed by atoms with van der Waals surface area (Å²) in [5.74, 6) is -0.0510. The number of rotatable bonds is 7. The summed E-state index contributed by atoms with van der Waals surface area (Å²) in [4.78, 5) is 23.0. The maximum absolute atomic E-state index is 11.7. The van der Waals surface area contributed by atoms with Gasteiger partial charge in [-0.25, -0.2) is 4.79 Å². The molecule has 4 nitrogen and oxygen atoms in total. The minimum atomic E-state index is -0.490. The van der Waals surface area contributed by atoms with Gasteiger partial charge in [-0.2, -0.15) is 0 Å². The summed E-state index contributed by atoms with van der Waals surface area (Å²) in [6.45, 7) is 2.40. The first kappa shape index (κ1) is 15.0. The first-order chi connectivity index (χ1) is 9.17. The molecular formula is C15H18O4. The maximum Gasteiger partial charge on any atom is 0.330 e. The van der Waals surface area contributed by atoms with Gasteiger partial charge in [0, 0.05) is 11.6 Å². The number of allylic oxidation sites excluding steroid dienone is 1. The lowest BCUT2D eigenvalue weighted by atomic mass is 10.1. The minimum Gasteiger partial charge on any atom is -0.497 e. The van der Waals surface area contributed by atoms with Crippen molar-refractivity contribution in [3.63, 3.8) is 0 Å². The van der Waals surface area contributed by atoms with Gasteiger partial charge in [-0.15, -0.1) is 0 Å². The molecule has 0 amide bonds. The lowest BCUT2D eigenvalue weighted by Crippen LogP contribution is -2.03. The van der Waals surface area contributed by atoms with Crippen LogP contribution < -0.4 is 4.74 Å². The smallest absolute Gasteiger partial charge is 0.330 e. The topological polar surface area (TPSA) is 52.6 Å². The van der Waals surface area contributed by atoms with E-state index in [9.17, 15) is 9.59 Å². The standard InChI is InChI=1S/C15H18O4/c1-3-4-11-19-15(17)10-9-14(16)12-5-7-13(18-2)8-6-12/h5-10H,3-4,11H2,1-2H3. The van der Waals surface area contributed by atoms with Crippen molar-refractivity contribution in [3.05, 3.63) is 42.0 Å². The van der Waals surface area contributed by atoms with E-state index in [0.717, 1.165) is 18.9 Å². The molecule has 1 rings (SSSR count). The van der Waals surface area contributed by atoms with E-state index >= 15 is 0 Å². The maximum atomic E-state index is 11.7. The summed E-state index contributed by atoms with van der Waals surface area (Å²) in [5, 5.41) is 0. The zero-order valence-electron chi connectivity index (χ0n) is 11.2. The predicted molar refractivity (Wildman–Crippen MR) is 72.3 cm³/mol. The molecule has 0 saturated carbocycles. The molecule has 0 fully saturated rings. The number of methoxy groups -OCH3 is 1. The number of unbranched alkanes of at least 4 members (excludes halogenated alkanes) is 1. The Morgan fingerprint density at radius 2 is 1.84 bits per heavy atom. The van der Waals surface area contributed by atoms with Gasteiger partial charge in [-0.1, -0.05) is 13.3 Å². The Hall–Kier alpha value is -2.10. The van der Waals surface area contributed by atoms with E-state index in [4.69, 9.17) is 9.47 Å². The van der Waals surface area contributed by atoms with Crippen LogP contribution in [0.2, 0.25) is 0 Å². The summed E-state index contributed by atoms with van der Waals surface area (Å²) < 4.78 is 9.91. The van der Waals surface area contributed by atoms with Crippen LogP contribution in [0.15, 0.2) is 36.4 Å². The van der Waals surface area contributed by atoms with Gasteiger partial charge in [-0.3, -0.25) is 4.79 Å². The Balaban J connectivity index is 2.51. The van der Waals surface area contributed by atoms with Crippen molar-refractivity contribution in [1.29, 1.82) is 0 Å². The second-order valence-electron chi connectivity index (χ2n) is 3.95. The number of ether oxygens (including phenoxy) is 2. The van der Waals surface area contributed by atoms with Gasteiger partial charge in [0.2, 0.25) is 0 Å². The zero-order chi connectivity index (χ0) is 14.1. The van der Waals surface area contributed by atoms with E-state index in [1.165, 1.54) is 6.08 Å². The van der Waals surface area contributed by atoms with Crippen LogP contribution in [0.5, 0.6) is 5.75 Å². The Kier molecular flexibility index (Phi) is 6.36. The van der Waals surface area contributed by atoms with Crippen LogP contribution in [0.25, 0.3) is 0 Å². The highest BCUT2D eigenvalue weighted by Gasteiger charge is 2.03. The van der Waals surface area contributed by atoms with E-state index in [2.05, 4.69) is 0 Å². The summed E-state index contributed by atoms with van der Waals surface area (Å²) in [6, 6.07) is 6.68. The molecule has 0 saturated heterocycles. The van der Waals surface area contributed by atoms with Crippen LogP contribution in [-0.2, 0) is 9.53 Å². The number of esters is 1. The summed E-state index contributed by atoms with van der Waals surface area (Å²) in [6.07, 6.45) is 4.16. The summed E-state index contributed by atoms with van der Waals surface area (Å²) >= 11 is 0. The Bertz CT molecular complexity index is 446. The Labute approximate surface area is 113 Å². The average Bonchev–Trinajstić information content (AvgIpc) is 2.45. The number of ketones is 1. The quantitative estimate of drug-likeness (QED) is 0.328. The van der Waals surface area contributed by atoms with Gasteiger partial charge in [0.15, 0.2) is 5.78 Å². The molecular weight excluding hydrogens is 244 g/mol. The van der Waals surface area contributed by atoms with E-state index in [-0.39, 0.29) is 5.78 Å². The molecule has 0 bridgehead atoms. The van der Waals surface area contributed by atoms with Crippen LogP contribution >= 0.6 is 0 Å². The number of hydrogen-bond acceptors (Lipinski definition) is 4. The fraction of sp³-hybridized carbons (Fsp3) is 0.333. The van der Waals surface area contributed by atoms with Crippen molar-refractivity contribution in [2.75, 3.05) is 13.7 Å². The predicted octanol–water partition coefficient (Wildman–Crippen LogP) is 2.78. The fourth-order valence-electron chi connectivity index (χ4n) is 1.36.